The standard InChI is InChI=1S/C8H3F3NO/c9-8(10,11)13-7-4-2-1-3-6(7)5-12/h1-3H. The Labute approximate surface area is 72.2 Å². The van der Waals surface area contributed by atoms with Crippen LogP contribution in [0.5, 0.6) is 5.75 Å². The van der Waals surface area contributed by atoms with Crippen molar-refractivity contribution in [1.29, 1.82) is 5.26 Å². The van der Waals surface area contributed by atoms with E-state index in [9.17, 15) is 13.2 Å². The Balaban J connectivity index is 2.96. The lowest BCUT2D eigenvalue weighted by atomic mass is 10.2. The van der Waals surface area contributed by atoms with E-state index in [2.05, 4.69) is 10.8 Å². The van der Waals surface area contributed by atoms with Crippen LogP contribution in [-0.4, -0.2) is 6.36 Å². The number of hydrogen-bond donors (Lipinski definition) is 0. The van der Waals surface area contributed by atoms with E-state index in [-0.39, 0.29) is 5.56 Å². The monoisotopic (exact) mass is 186 g/mol. The summed E-state index contributed by atoms with van der Waals surface area (Å²) < 4.78 is 38.7. The third-order valence-corrected chi connectivity index (χ3v) is 1.16. The van der Waals surface area contributed by atoms with Crippen LogP contribution in [0.4, 0.5) is 13.2 Å². The summed E-state index contributed by atoms with van der Waals surface area (Å²) >= 11 is 0. The van der Waals surface area contributed by atoms with E-state index in [0.717, 1.165) is 0 Å². The minimum absolute atomic E-state index is 0.195. The number of para-hydroxylation sites is 1. The van der Waals surface area contributed by atoms with E-state index in [4.69, 9.17) is 5.26 Å². The maximum atomic E-state index is 11.7. The summed E-state index contributed by atoms with van der Waals surface area (Å²) in [7, 11) is 0. The van der Waals surface area contributed by atoms with Gasteiger partial charge in [-0.25, -0.2) is 0 Å². The van der Waals surface area contributed by atoms with Gasteiger partial charge in [-0.1, -0.05) is 12.1 Å². The first-order valence-corrected chi connectivity index (χ1v) is 3.19. The van der Waals surface area contributed by atoms with Gasteiger partial charge in [0.15, 0.2) is 5.75 Å². The second-order valence-electron chi connectivity index (χ2n) is 2.07. The Morgan fingerprint density at radius 3 is 2.69 bits per heavy atom. The number of halogens is 3. The summed E-state index contributed by atoms with van der Waals surface area (Å²) in [5.74, 6) is -0.600. The fourth-order valence-electron chi connectivity index (χ4n) is 0.710. The van der Waals surface area contributed by atoms with Crippen molar-refractivity contribution in [3.8, 4) is 11.8 Å². The van der Waals surface area contributed by atoms with Crippen molar-refractivity contribution in [2.45, 2.75) is 6.36 Å². The van der Waals surface area contributed by atoms with Crippen LogP contribution in [0.2, 0.25) is 0 Å². The Kier molecular flexibility index (Phi) is 2.42. The van der Waals surface area contributed by atoms with Gasteiger partial charge in [0.25, 0.3) is 0 Å². The van der Waals surface area contributed by atoms with Gasteiger partial charge in [-0.3, -0.25) is 0 Å². The normalized spacial score (nSPS) is 10.6. The second kappa shape index (κ2) is 3.35. The predicted molar refractivity (Wildman–Crippen MR) is 36.7 cm³/mol. The molecule has 1 rings (SSSR count). The van der Waals surface area contributed by atoms with Crippen LogP contribution < -0.4 is 4.74 Å². The highest BCUT2D eigenvalue weighted by molar-refractivity contribution is 5.41. The van der Waals surface area contributed by atoms with Gasteiger partial charge in [-0.15, -0.1) is 13.2 Å². The first-order chi connectivity index (χ1) is 6.03. The average molecular weight is 186 g/mol. The highest BCUT2D eigenvalue weighted by Crippen LogP contribution is 2.24. The Bertz CT molecular complexity index is 340. The maximum Gasteiger partial charge on any atom is 0.573 e. The molecular weight excluding hydrogens is 183 g/mol. The van der Waals surface area contributed by atoms with Crippen molar-refractivity contribution < 1.29 is 17.9 Å². The van der Waals surface area contributed by atoms with Crippen LogP contribution in [0, 0.1) is 17.4 Å². The highest BCUT2D eigenvalue weighted by Gasteiger charge is 2.32. The summed E-state index contributed by atoms with van der Waals surface area (Å²) in [5, 5.41) is 8.40. The first kappa shape index (κ1) is 9.39. The SMILES string of the molecule is N#Cc1ccc[c]c1OC(F)(F)F. The number of benzene rings is 1. The number of hydrogen-bond acceptors (Lipinski definition) is 2. The van der Waals surface area contributed by atoms with E-state index in [1.54, 1.807) is 6.07 Å². The minimum atomic E-state index is -4.79. The molecule has 0 N–H and O–H groups in total. The van der Waals surface area contributed by atoms with Crippen LogP contribution in [0.1, 0.15) is 5.56 Å². The highest BCUT2D eigenvalue weighted by atomic mass is 19.4. The number of ether oxygens (including phenoxy) is 1. The smallest absolute Gasteiger partial charge is 0.404 e. The van der Waals surface area contributed by atoms with Gasteiger partial charge < -0.3 is 4.74 Å². The molecule has 0 aliphatic rings. The molecule has 0 bridgehead atoms. The van der Waals surface area contributed by atoms with Crippen molar-refractivity contribution in [3.63, 3.8) is 0 Å². The van der Waals surface area contributed by atoms with Crippen LogP contribution in [0.15, 0.2) is 18.2 Å². The molecular formula is C8H3F3NO. The fourth-order valence-corrected chi connectivity index (χ4v) is 0.710. The summed E-state index contributed by atoms with van der Waals surface area (Å²) in [6.45, 7) is 0. The molecule has 0 aliphatic heterocycles. The van der Waals surface area contributed by atoms with Crippen molar-refractivity contribution in [3.05, 3.63) is 29.8 Å². The Morgan fingerprint density at radius 1 is 1.46 bits per heavy atom. The van der Waals surface area contributed by atoms with Crippen molar-refractivity contribution in [1.82, 2.24) is 0 Å². The molecule has 1 aromatic carbocycles. The van der Waals surface area contributed by atoms with Gasteiger partial charge in [0.05, 0.1) is 5.56 Å². The van der Waals surface area contributed by atoms with E-state index < -0.39 is 12.1 Å². The molecule has 0 aliphatic carbocycles. The van der Waals surface area contributed by atoms with E-state index in [1.165, 1.54) is 18.2 Å². The zero-order chi connectivity index (χ0) is 9.90. The van der Waals surface area contributed by atoms with Gasteiger partial charge in [0, 0.05) is 6.07 Å². The van der Waals surface area contributed by atoms with Gasteiger partial charge in [0.2, 0.25) is 0 Å². The lowest BCUT2D eigenvalue weighted by molar-refractivity contribution is -0.274. The quantitative estimate of drug-likeness (QED) is 0.673. The average Bonchev–Trinajstić information content (AvgIpc) is 2.02. The van der Waals surface area contributed by atoms with Crippen molar-refractivity contribution >= 4 is 0 Å². The molecule has 0 aromatic heterocycles. The van der Waals surface area contributed by atoms with Gasteiger partial charge in [-0.05, 0) is 6.07 Å². The molecule has 1 radical (unpaired) electrons. The molecule has 0 unspecified atom stereocenters. The first-order valence-electron chi connectivity index (χ1n) is 3.19. The van der Waals surface area contributed by atoms with E-state index in [0.29, 0.717) is 0 Å². The summed E-state index contributed by atoms with van der Waals surface area (Å²) in [4.78, 5) is 0. The third-order valence-electron chi connectivity index (χ3n) is 1.16. The molecule has 0 saturated carbocycles. The molecule has 0 saturated heterocycles. The molecule has 1 aromatic rings. The van der Waals surface area contributed by atoms with Crippen molar-refractivity contribution in [2.24, 2.45) is 0 Å². The molecule has 0 amide bonds. The van der Waals surface area contributed by atoms with Gasteiger partial charge in [0.1, 0.15) is 6.07 Å². The topological polar surface area (TPSA) is 33.0 Å². The van der Waals surface area contributed by atoms with Crippen LogP contribution in [0.25, 0.3) is 0 Å². The molecule has 0 fully saturated rings. The molecule has 67 valence electrons. The lowest BCUT2D eigenvalue weighted by Crippen LogP contribution is -2.17. The number of nitriles is 1. The van der Waals surface area contributed by atoms with Crippen LogP contribution >= 0.6 is 0 Å². The van der Waals surface area contributed by atoms with Gasteiger partial charge >= 0.3 is 6.36 Å². The molecule has 0 spiro atoms. The zero-order valence-corrected chi connectivity index (χ0v) is 6.22. The number of alkyl halides is 3. The largest absolute Gasteiger partial charge is 0.573 e. The molecule has 2 nitrogen and oxygen atoms in total. The third kappa shape index (κ3) is 2.67. The van der Waals surface area contributed by atoms with Gasteiger partial charge in [-0.2, -0.15) is 5.26 Å². The zero-order valence-electron chi connectivity index (χ0n) is 6.22. The number of nitrogens with zero attached hydrogens (tertiary/aromatic N) is 1. The Morgan fingerprint density at radius 2 is 2.15 bits per heavy atom. The summed E-state index contributed by atoms with van der Waals surface area (Å²) in [6.07, 6.45) is -4.79. The lowest BCUT2D eigenvalue weighted by Gasteiger charge is -2.08. The maximum absolute atomic E-state index is 11.7. The second-order valence-corrected chi connectivity index (χ2v) is 2.07. The molecule has 13 heavy (non-hydrogen) atoms. The molecule has 0 heterocycles. The van der Waals surface area contributed by atoms with E-state index in [1.807, 2.05) is 0 Å². The summed E-state index contributed by atoms with van der Waals surface area (Å²) in [6, 6.07) is 7.60. The fraction of sp³-hybridized carbons (Fsp3) is 0.125. The molecule has 0 atom stereocenters. The van der Waals surface area contributed by atoms with Crippen LogP contribution in [-0.2, 0) is 0 Å². The van der Waals surface area contributed by atoms with Crippen LogP contribution in [0.3, 0.4) is 0 Å². The van der Waals surface area contributed by atoms with Crippen molar-refractivity contribution in [2.75, 3.05) is 0 Å². The minimum Gasteiger partial charge on any atom is -0.404 e. The molecule has 5 heteroatoms. The van der Waals surface area contributed by atoms with E-state index >= 15 is 0 Å². The summed E-state index contributed by atoms with van der Waals surface area (Å²) in [5.41, 5.74) is -0.195. The number of rotatable bonds is 1. The predicted octanol–water partition coefficient (Wildman–Crippen LogP) is 2.26. The Hall–Kier alpha value is -1.70.